The second-order valence-electron chi connectivity index (χ2n) is 7.96. The van der Waals surface area contributed by atoms with Crippen LogP contribution in [0.1, 0.15) is 27.6 Å². The van der Waals surface area contributed by atoms with Crippen molar-refractivity contribution in [2.45, 2.75) is 25.9 Å². The molecule has 4 rings (SSSR count). The van der Waals surface area contributed by atoms with Crippen molar-refractivity contribution in [3.63, 3.8) is 0 Å². The summed E-state index contributed by atoms with van der Waals surface area (Å²) in [5, 5.41) is 4.91. The second kappa shape index (κ2) is 10.9. The molecule has 0 saturated heterocycles. The van der Waals surface area contributed by atoms with Gasteiger partial charge in [-0.15, -0.1) is 11.3 Å². The lowest BCUT2D eigenvalue weighted by Crippen LogP contribution is -2.44. The first-order valence-corrected chi connectivity index (χ1v) is 11.9. The van der Waals surface area contributed by atoms with Gasteiger partial charge < -0.3 is 5.32 Å². The van der Waals surface area contributed by atoms with Crippen LogP contribution in [0.2, 0.25) is 0 Å². The number of anilines is 1. The predicted octanol–water partition coefficient (Wildman–Crippen LogP) is 5.83. The van der Waals surface area contributed by atoms with E-state index in [1.165, 1.54) is 40.5 Å². The zero-order valence-corrected chi connectivity index (χ0v) is 19.6. The topological polar surface area (TPSA) is 49.4 Å². The fourth-order valence-electron chi connectivity index (χ4n) is 3.86. The first-order valence-electron chi connectivity index (χ1n) is 11.0. The molecule has 0 fully saturated rings. The van der Waals surface area contributed by atoms with Crippen molar-refractivity contribution in [2.75, 3.05) is 4.90 Å². The van der Waals surface area contributed by atoms with Gasteiger partial charge in [0.2, 0.25) is 11.8 Å². The number of carbonyl (C=O) groups excluding carboxylic acids is 2. The van der Waals surface area contributed by atoms with Crippen LogP contribution in [0, 0.1) is 12.7 Å². The Morgan fingerprint density at radius 2 is 1.62 bits per heavy atom. The number of benzene rings is 3. The fourth-order valence-corrected chi connectivity index (χ4v) is 4.55. The third-order valence-electron chi connectivity index (χ3n) is 5.58. The molecule has 172 valence electrons. The number of thiophene rings is 1. The molecule has 1 aromatic heterocycles. The number of amides is 2. The van der Waals surface area contributed by atoms with Crippen LogP contribution in [-0.2, 0) is 22.6 Å². The third-order valence-corrected chi connectivity index (χ3v) is 6.45. The third kappa shape index (κ3) is 5.58. The maximum atomic E-state index is 13.7. The second-order valence-corrected chi connectivity index (χ2v) is 8.99. The average Bonchev–Trinajstić information content (AvgIpc) is 3.36. The van der Waals surface area contributed by atoms with Crippen molar-refractivity contribution < 1.29 is 14.0 Å². The summed E-state index contributed by atoms with van der Waals surface area (Å²) in [5.41, 5.74) is 3.03. The number of carbonyl (C=O) groups is 2. The minimum Gasteiger partial charge on any atom is -0.350 e. The van der Waals surface area contributed by atoms with E-state index in [1.54, 1.807) is 0 Å². The lowest BCUT2D eigenvalue weighted by molar-refractivity contribution is -0.126. The highest BCUT2D eigenvalue weighted by molar-refractivity contribution is 7.10. The molecule has 0 radical (unpaired) electrons. The van der Waals surface area contributed by atoms with Gasteiger partial charge in [0.15, 0.2) is 0 Å². The van der Waals surface area contributed by atoms with Gasteiger partial charge in [0.1, 0.15) is 11.9 Å². The number of rotatable bonds is 8. The minimum absolute atomic E-state index is 0.142. The molecule has 6 heteroatoms. The molecule has 0 aliphatic carbocycles. The summed E-state index contributed by atoms with van der Waals surface area (Å²) < 4.78 is 13.7. The molecular weight excluding hydrogens is 447 g/mol. The largest absolute Gasteiger partial charge is 0.350 e. The molecule has 0 saturated carbocycles. The van der Waals surface area contributed by atoms with Gasteiger partial charge in [-0.1, -0.05) is 60.7 Å². The highest BCUT2D eigenvalue weighted by atomic mass is 32.1. The molecule has 34 heavy (non-hydrogen) atoms. The highest BCUT2D eigenvalue weighted by Crippen LogP contribution is 2.31. The van der Waals surface area contributed by atoms with Crippen LogP contribution in [-0.4, -0.2) is 11.8 Å². The molecule has 0 spiro atoms. The molecule has 4 aromatic rings. The smallest absolute Gasteiger partial charge is 0.248 e. The van der Waals surface area contributed by atoms with Gasteiger partial charge in [0.25, 0.3) is 0 Å². The Morgan fingerprint density at radius 1 is 0.912 bits per heavy atom. The molecule has 3 aromatic carbocycles. The molecule has 0 unspecified atom stereocenters. The molecular formula is C28H25FN2O2S. The molecule has 4 nitrogen and oxygen atoms in total. The Hall–Kier alpha value is -3.77. The van der Waals surface area contributed by atoms with Crippen LogP contribution in [0.3, 0.4) is 0 Å². The highest BCUT2D eigenvalue weighted by Gasteiger charge is 2.33. The van der Waals surface area contributed by atoms with E-state index in [0.717, 1.165) is 21.6 Å². The number of hydrogen-bond acceptors (Lipinski definition) is 3. The molecule has 0 aliphatic heterocycles. The molecule has 1 atom stereocenters. The summed E-state index contributed by atoms with van der Waals surface area (Å²) in [6.07, 6.45) is 0.142. The quantitative estimate of drug-likeness (QED) is 0.351. The number of hydrogen-bond donors (Lipinski definition) is 1. The van der Waals surface area contributed by atoms with E-state index in [0.29, 0.717) is 12.2 Å². The Kier molecular flexibility index (Phi) is 7.50. The van der Waals surface area contributed by atoms with Gasteiger partial charge >= 0.3 is 0 Å². The van der Waals surface area contributed by atoms with Crippen molar-refractivity contribution >= 4 is 28.8 Å². The molecule has 0 bridgehead atoms. The average molecular weight is 473 g/mol. The lowest BCUT2D eigenvalue weighted by Gasteiger charge is -2.32. The van der Waals surface area contributed by atoms with E-state index in [-0.39, 0.29) is 18.2 Å². The van der Waals surface area contributed by atoms with Gasteiger partial charge in [0, 0.05) is 17.1 Å². The number of nitrogens with one attached hydrogen (secondary N) is 1. The van der Waals surface area contributed by atoms with Crippen LogP contribution in [0.15, 0.2) is 96.4 Å². The van der Waals surface area contributed by atoms with Crippen LogP contribution < -0.4 is 10.2 Å². The lowest BCUT2D eigenvalue weighted by atomic mass is 9.97. The zero-order chi connectivity index (χ0) is 23.9. The van der Waals surface area contributed by atoms with Gasteiger partial charge in [-0.3, -0.25) is 14.5 Å². The normalized spacial score (nSPS) is 11.6. The van der Waals surface area contributed by atoms with Crippen molar-refractivity contribution in [3.8, 4) is 0 Å². The Morgan fingerprint density at radius 3 is 2.29 bits per heavy atom. The van der Waals surface area contributed by atoms with E-state index in [4.69, 9.17) is 0 Å². The Bertz CT molecular complexity index is 1240. The van der Waals surface area contributed by atoms with E-state index in [9.17, 15) is 14.0 Å². The maximum absolute atomic E-state index is 13.7. The Balaban J connectivity index is 1.74. The van der Waals surface area contributed by atoms with Gasteiger partial charge in [-0.2, -0.15) is 0 Å². The summed E-state index contributed by atoms with van der Waals surface area (Å²) in [4.78, 5) is 29.7. The van der Waals surface area contributed by atoms with Crippen molar-refractivity contribution in [1.29, 1.82) is 0 Å². The fraction of sp³-hybridized carbons (Fsp3) is 0.143. The number of nitrogens with zero attached hydrogens (tertiary/aromatic N) is 1. The van der Waals surface area contributed by atoms with Gasteiger partial charge in [0.05, 0.1) is 6.42 Å². The van der Waals surface area contributed by atoms with Crippen LogP contribution in [0.4, 0.5) is 10.1 Å². The van der Waals surface area contributed by atoms with E-state index in [1.807, 2.05) is 79.0 Å². The van der Waals surface area contributed by atoms with Crippen molar-refractivity contribution in [1.82, 2.24) is 5.32 Å². The number of halogens is 1. The summed E-state index contributed by atoms with van der Waals surface area (Å²) in [6, 6.07) is 25.7. The monoisotopic (exact) mass is 472 g/mol. The van der Waals surface area contributed by atoms with Crippen molar-refractivity contribution in [2.24, 2.45) is 0 Å². The Labute approximate surface area is 202 Å². The van der Waals surface area contributed by atoms with Crippen LogP contribution in [0.5, 0.6) is 0 Å². The van der Waals surface area contributed by atoms with E-state index < -0.39 is 11.9 Å². The van der Waals surface area contributed by atoms with Crippen LogP contribution in [0.25, 0.3) is 0 Å². The SMILES string of the molecule is Cc1ccccc1[C@@H](C(=O)NCc1ccccc1)N(C(=O)Cc1cccs1)c1ccc(F)cc1. The summed E-state index contributed by atoms with van der Waals surface area (Å²) in [7, 11) is 0. The summed E-state index contributed by atoms with van der Waals surface area (Å²) >= 11 is 1.48. The molecule has 0 aliphatic rings. The molecule has 2 amide bonds. The zero-order valence-electron chi connectivity index (χ0n) is 18.8. The van der Waals surface area contributed by atoms with Crippen LogP contribution >= 0.6 is 11.3 Å². The number of aryl methyl sites for hydroxylation is 1. The standard InChI is InChI=1S/C28H25FN2O2S/c1-20-8-5-6-12-25(20)27(28(33)30-19-21-9-3-2-4-10-21)31(23-15-13-22(29)14-16-23)26(32)18-24-11-7-17-34-24/h2-17,27H,18-19H2,1H3,(H,30,33)/t27-/m0/s1. The van der Waals surface area contributed by atoms with E-state index >= 15 is 0 Å². The molecule has 1 N–H and O–H groups in total. The maximum Gasteiger partial charge on any atom is 0.248 e. The first kappa shape index (κ1) is 23.4. The minimum atomic E-state index is -0.914. The van der Waals surface area contributed by atoms with Crippen molar-refractivity contribution in [3.05, 3.63) is 124 Å². The van der Waals surface area contributed by atoms with Gasteiger partial charge in [-0.05, 0) is 59.3 Å². The van der Waals surface area contributed by atoms with E-state index in [2.05, 4.69) is 5.32 Å². The summed E-state index contributed by atoms with van der Waals surface area (Å²) in [5.74, 6) is -0.949. The summed E-state index contributed by atoms with van der Waals surface area (Å²) in [6.45, 7) is 2.25. The van der Waals surface area contributed by atoms with Gasteiger partial charge in [-0.25, -0.2) is 4.39 Å². The first-order chi connectivity index (χ1) is 16.5. The molecule has 1 heterocycles. The predicted molar refractivity (Wildman–Crippen MR) is 134 cm³/mol.